The van der Waals surface area contributed by atoms with Crippen molar-refractivity contribution < 1.29 is 17.9 Å². The summed E-state index contributed by atoms with van der Waals surface area (Å²) in [6.07, 6.45) is 2.42. The van der Waals surface area contributed by atoms with Gasteiger partial charge in [0.1, 0.15) is 9.96 Å². The van der Waals surface area contributed by atoms with Gasteiger partial charge in [-0.1, -0.05) is 18.2 Å². The maximum Gasteiger partial charge on any atom is 0.250 e. The maximum absolute atomic E-state index is 12.4. The summed E-state index contributed by atoms with van der Waals surface area (Å²) >= 11 is 1.21. The van der Waals surface area contributed by atoms with Crippen LogP contribution < -0.4 is 9.46 Å². The van der Waals surface area contributed by atoms with Crippen LogP contribution in [0, 0.1) is 0 Å². The van der Waals surface area contributed by atoms with Crippen molar-refractivity contribution in [1.29, 1.82) is 0 Å². The van der Waals surface area contributed by atoms with Crippen molar-refractivity contribution in [2.24, 2.45) is 0 Å². The highest BCUT2D eigenvalue weighted by Gasteiger charge is 2.26. The van der Waals surface area contributed by atoms with Gasteiger partial charge in [0.05, 0.1) is 7.11 Å². The van der Waals surface area contributed by atoms with Gasteiger partial charge in [-0.3, -0.25) is 4.79 Å². The Labute approximate surface area is 164 Å². The molecule has 146 valence electrons. The second-order valence-corrected chi connectivity index (χ2v) is 9.45. The summed E-state index contributed by atoms with van der Waals surface area (Å²) in [5, 5.41) is 1.75. The van der Waals surface area contributed by atoms with Gasteiger partial charge < -0.3 is 9.64 Å². The first kappa shape index (κ1) is 19.9. The third-order valence-corrected chi connectivity index (χ3v) is 7.63. The Kier molecular flexibility index (Phi) is 6.51. The summed E-state index contributed by atoms with van der Waals surface area (Å²) in [5.41, 5.74) is 1.10. The maximum atomic E-state index is 12.4. The Balaban J connectivity index is 1.45. The van der Waals surface area contributed by atoms with Crippen LogP contribution >= 0.6 is 11.3 Å². The predicted octanol–water partition coefficient (Wildman–Crippen LogP) is 2.66. The molecule has 3 rings (SSSR count). The number of sulfonamides is 1. The van der Waals surface area contributed by atoms with Crippen LogP contribution in [0.15, 0.2) is 46.0 Å². The van der Waals surface area contributed by atoms with Crippen LogP contribution in [0.4, 0.5) is 0 Å². The molecule has 1 fully saturated rings. The highest BCUT2D eigenvalue weighted by atomic mass is 32.2. The fourth-order valence-electron chi connectivity index (χ4n) is 3.14. The number of rotatable bonds is 7. The van der Waals surface area contributed by atoms with Crippen molar-refractivity contribution in [2.45, 2.75) is 35.9 Å². The van der Waals surface area contributed by atoms with Crippen LogP contribution in [-0.2, 0) is 21.2 Å². The SMILES string of the molecule is COc1ccc(CCC(=O)N2CCC(NS(=O)(=O)c3cccs3)CC2)cc1. The van der Waals surface area contributed by atoms with Gasteiger partial charge in [0, 0.05) is 25.6 Å². The highest BCUT2D eigenvalue weighted by Crippen LogP contribution is 2.19. The van der Waals surface area contributed by atoms with E-state index >= 15 is 0 Å². The summed E-state index contributed by atoms with van der Waals surface area (Å²) < 4.78 is 32.8. The molecule has 1 aliphatic rings. The second-order valence-electron chi connectivity index (χ2n) is 6.56. The number of amides is 1. The Morgan fingerprint density at radius 3 is 2.52 bits per heavy atom. The molecule has 1 saturated heterocycles. The molecule has 1 N–H and O–H groups in total. The Bertz CT molecular complexity index is 840. The number of piperidine rings is 1. The second kappa shape index (κ2) is 8.86. The molecule has 0 atom stereocenters. The van der Waals surface area contributed by atoms with E-state index in [1.165, 1.54) is 11.3 Å². The minimum absolute atomic E-state index is 0.116. The van der Waals surface area contributed by atoms with E-state index in [9.17, 15) is 13.2 Å². The van der Waals surface area contributed by atoms with Gasteiger partial charge in [-0.15, -0.1) is 11.3 Å². The molecular formula is C19H24N2O4S2. The molecule has 27 heavy (non-hydrogen) atoms. The van der Waals surface area contributed by atoms with Gasteiger partial charge in [0.15, 0.2) is 0 Å². The number of carbonyl (C=O) groups is 1. The van der Waals surface area contributed by atoms with Crippen molar-refractivity contribution in [3.05, 3.63) is 47.3 Å². The standard InChI is InChI=1S/C19H24N2O4S2/c1-25-17-7-4-15(5-8-17)6-9-18(22)21-12-10-16(11-13-21)20-27(23,24)19-3-2-14-26-19/h2-5,7-8,14,16,20H,6,9-13H2,1H3. The number of carbonyl (C=O) groups excluding carboxylic acids is 1. The van der Waals surface area contributed by atoms with Crippen molar-refractivity contribution in [2.75, 3.05) is 20.2 Å². The lowest BCUT2D eigenvalue weighted by molar-refractivity contribution is -0.132. The number of hydrogen-bond acceptors (Lipinski definition) is 5. The smallest absolute Gasteiger partial charge is 0.250 e. The zero-order valence-corrected chi connectivity index (χ0v) is 16.9. The van der Waals surface area contributed by atoms with Crippen LogP contribution in [0.5, 0.6) is 5.75 Å². The van der Waals surface area contributed by atoms with Crippen molar-refractivity contribution in [3.8, 4) is 5.75 Å². The largest absolute Gasteiger partial charge is 0.497 e. The van der Waals surface area contributed by atoms with E-state index in [-0.39, 0.29) is 11.9 Å². The Morgan fingerprint density at radius 1 is 1.22 bits per heavy atom. The molecule has 1 aromatic carbocycles. The van der Waals surface area contributed by atoms with E-state index in [0.29, 0.717) is 43.0 Å². The number of thiophene rings is 1. The molecule has 0 bridgehead atoms. The van der Waals surface area contributed by atoms with E-state index in [4.69, 9.17) is 4.74 Å². The van der Waals surface area contributed by atoms with Crippen molar-refractivity contribution >= 4 is 27.3 Å². The quantitative estimate of drug-likeness (QED) is 0.764. The highest BCUT2D eigenvalue weighted by molar-refractivity contribution is 7.91. The molecule has 0 unspecified atom stereocenters. The molecule has 2 aromatic rings. The van der Waals surface area contributed by atoms with Crippen LogP contribution in [-0.4, -0.2) is 45.5 Å². The fraction of sp³-hybridized carbons (Fsp3) is 0.421. The number of ether oxygens (including phenoxy) is 1. The van der Waals surface area contributed by atoms with Gasteiger partial charge in [-0.25, -0.2) is 13.1 Å². The van der Waals surface area contributed by atoms with E-state index in [1.807, 2.05) is 29.2 Å². The lowest BCUT2D eigenvalue weighted by Crippen LogP contribution is -2.46. The molecule has 1 aromatic heterocycles. The summed E-state index contributed by atoms with van der Waals surface area (Å²) in [5.74, 6) is 0.919. The third kappa shape index (κ3) is 5.31. The van der Waals surface area contributed by atoms with Crippen LogP contribution in [0.25, 0.3) is 0 Å². The summed E-state index contributed by atoms with van der Waals surface area (Å²) in [7, 11) is -1.82. The van der Waals surface area contributed by atoms with Crippen molar-refractivity contribution in [1.82, 2.24) is 9.62 Å². The molecule has 0 radical (unpaired) electrons. The number of nitrogens with one attached hydrogen (secondary N) is 1. The molecule has 0 aliphatic carbocycles. The van der Waals surface area contributed by atoms with Crippen LogP contribution in [0.3, 0.4) is 0 Å². The predicted molar refractivity (Wildman–Crippen MR) is 106 cm³/mol. The summed E-state index contributed by atoms with van der Waals surface area (Å²) in [6, 6.07) is 10.9. The van der Waals surface area contributed by atoms with Gasteiger partial charge in [-0.2, -0.15) is 0 Å². The van der Waals surface area contributed by atoms with E-state index in [0.717, 1.165) is 11.3 Å². The number of nitrogens with zero attached hydrogens (tertiary/aromatic N) is 1. The lowest BCUT2D eigenvalue weighted by Gasteiger charge is -2.32. The van der Waals surface area contributed by atoms with Gasteiger partial charge in [0.2, 0.25) is 15.9 Å². The first-order valence-electron chi connectivity index (χ1n) is 8.94. The fourth-order valence-corrected chi connectivity index (χ4v) is 5.46. The number of likely N-dealkylation sites (tertiary alicyclic amines) is 1. The minimum Gasteiger partial charge on any atom is -0.497 e. The normalized spacial score (nSPS) is 15.7. The molecule has 1 amide bonds. The molecule has 2 heterocycles. The van der Waals surface area contributed by atoms with Gasteiger partial charge >= 0.3 is 0 Å². The van der Waals surface area contributed by atoms with E-state index in [2.05, 4.69) is 4.72 Å². The summed E-state index contributed by atoms with van der Waals surface area (Å²) in [6.45, 7) is 1.16. The van der Waals surface area contributed by atoms with Gasteiger partial charge in [-0.05, 0) is 48.4 Å². The van der Waals surface area contributed by atoms with Crippen molar-refractivity contribution in [3.63, 3.8) is 0 Å². The molecule has 6 nitrogen and oxygen atoms in total. The number of benzene rings is 1. The third-order valence-electron chi connectivity index (χ3n) is 4.72. The van der Waals surface area contributed by atoms with E-state index < -0.39 is 10.0 Å². The zero-order valence-electron chi connectivity index (χ0n) is 15.3. The van der Waals surface area contributed by atoms with Crippen LogP contribution in [0.1, 0.15) is 24.8 Å². The first-order chi connectivity index (χ1) is 13.0. The molecule has 0 saturated carbocycles. The molecule has 8 heteroatoms. The first-order valence-corrected chi connectivity index (χ1v) is 11.3. The summed E-state index contributed by atoms with van der Waals surface area (Å²) in [4.78, 5) is 14.3. The van der Waals surface area contributed by atoms with Gasteiger partial charge in [0.25, 0.3) is 0 Å². The average molecular weight is 409 g/mol. The molecule has 0 spiro atoms. The topological polar surface area (TPSA) is 75.7 Å². The molecule has 1 aliphatic heterocycles. The van der Waals surface area contributed by atoms with Crippen LogP contribution in [0.2, 0.25) is 0 Å². The average Bonchev–Trinajstić information content (AvgIpc) is 3.23. The zero-order chi connectivity index (χ0) is 19.3. The number of hydrogen-bond donors (Lipinski definition) is 1. The lowest BCUT2D eigenvalue weighted by atomic mass is 10.0. The molecular weight excluding hydrogens is 384 g/mol. The van der Waals surface area contributed by atoms with E-state index in [1.54, 1.807) is 24.6 Å². The number of aryl methyl sites for hydroxylation is 1. The minimum atomic E-state index is -3.45. The number of methoxy groups -OCH3 is 1. The Hall–Kier alpha value is -1.90. The monoisotopic (exact) mass is 408 g/mol. The Morgan fingerprint density at radius 2 is 1.93 bits per heavy atom.